The topological polar surface area (TPSA) is 69.6 Å². The van der Waals surface area contributed by atoms with E-state index >= 15 is 0 Å². The van der Waals surface area contributed by atoms with Crippen molar-refractivity contribution < 1.29 is 0 Å². The van der Waals surface area contributed by atoms with Gasteiger partial charge in [-0.3, -0.25) is 0 Å². The molecule has 0 aliphatic rings. The van der Waals surface area contributed by atoms with Gasteiger partial charge in [-0.25, -0.2) is 0 Å². The molecule has 0 amide bonds. The van der Waals surface area contributed by atoms with Gasteiger partial charge in [0.1, 0.15) is 0 Å². The summed E-state index contributed by atoms with van der Waals surface area (Å²) in [5, 5.41) is 13.0. The summed E-state index contributed by atoms with van der Waals surface area (Å²) in [5.41, 5.74) is 6.91. The van der Waals surface area contributed by atoms with Crippen LogP contribution in [0.25, 0.3) is 0 Å². The Labute approximate surface area is 115 Å². The summed E-state index contributed by atoms with van der Waals surface area (Å²) in [5.74, 6) is 0.619. The number of tetrazole rings is 1. The van der Waals surface area contributed by atoms with Gasteiger partial charge >= 0.3 is 0 Å². The molecule has 1 aromatic heterocycles. The predicted octanol–water partition coefficient (Wildman–Crippen LogP) is 1.63. The fourth-order valence-corrected chi connectivity index (χ4v) is 2.25. The first-order valence-electron chi connectivity index (χ1n) is 5.47. The second-order valence-electron chi connectivity index (χ2n) is 4.06. The smallest absolute Gasteiger partial charge is 0.176 e. The van der Waals surface area contributed by atoms with Crippen LogP contribution in [0.2, 0.25) is 10.0 Å². The Bertz CT molecular complexity index is 520. The first-order valence-corrected chi connectivity index (χ1v) is 6.23. The van der Waals surface area contributed by atoms with E-state index in [4.69, 9.17) is 28.9 Å². The third kappa shape index (κ3) is 3.19. The van der Waals surface area contributed by atoms with Gasteiger partial charge in [-0.05, 0) is 29.3 Å². The van der Waals surface area contributed by atoms with Crippen LogP contribution in [0.4, 0.5) is 0 Å². The molecular formula is C11H13Cl2N5. The van der Waals surface area contributed by atoms with E-state index in [1.165, 1.54) is 4.80 Å². The highest BCUT2D eigenvalue weighted by atomic mass is 35.5. The van der Waals surface area contributed by atoms with Crippen molar-refractivity contribution in [2.45, 2.75) is 18.9 Å². The van der Waals surface area contributed by atoms with E-state index in [0.717, 1.165) is 5.56 Å². The minimum Gasteiger partial charge on any atom is -0.327 e. The summed E-state index contributed by atoms with van der Waals surface area (Å²) in [7, 11) is 1.72. The number of benzene rings is 1. The lowest BCUT2D eigenvalue weighted by atomic mass is 10.0. The van der Waals surface area contributed by atoms with Crippen molar-refractivity contribution in [3.05, 3.63) is 39.6 Å². The second kappa shape index (κ2) is 5.65. The van der Waals surface area contributed by atoms with Crippen LogP contribution in [-0.2, 0) is 19.9 Å². The summed E-state index contributed by atoms with van der Waals surface area (Å²) >= 11 is 12.2. The number of rotatable bonds is 4. The maximum absolute atomic E-state index is 6.09. The molecule has 1 heterocycles. The van der Waals surface area contributed by atoms with E-state index in [1.807, 2.05) is 6.07 Å². The van der Waals surface area contributed by atoms with Crippen molar-refractivity contribution in [1.29, 1.82) is 0 Å². The molecule has 0 spiro atoms. The predicted molar refractivity (Wildman–Crippen MR) is 70.6 cm³/mol. The van der Waals surface area contributed by atoms with Gasteiger partial charge in [0.2, 0.25) is 0 Å². The molecule has 0 saturated heterocycles. The van der Waals surface area contributed by atoms with Crippen LogP contribution in [0, 0.1) is 0 Å². The van der Waals surface area contributed by atoms with Crippen LogP contribution < -0.4 is 5.73 Å². The lowest BCUT2D eigenvalue weighted by Crippen LogP contribution is -2.26. The minimum atomic E-state index is -0.147. The average molecular weight is 286 g/mol. The zero-order valence-electron chi connectivity index (χ0n) is 9.85. The van der Waals surface area contributed by atoms with Gasteiger partial charge in [-0.2, -0.15) is 4.80 Å². The van der Waals surface area contributed by atoms with Gasteiger partial charge < -0.3 is 5.73 Å². The zero-order chi connectivity index (χ0) is 13.1. The summed E-state index contributed by atoms with van der Waals surface area (Å²) in [6, 6.07) is 5.27. The SMILES string of the molecule is Cn1nnc(CC(N)Cc2c(Cl)cccc2Cl)n1. The largest absolute Gasteiger partial charge is 0.327 e. The standard InChI is InChI=1S/C11H13Cl2N5/c1-18-16-11(15-17-18)6-7(14)5-8-9(12)3-2-4-10(8)13/h2-4,7H,5-6,14H2,1H3. The third-order valence-electron chi connectivity index (χ3n) is 2.52. The van der Waals surface area contributed by atoms with Crippen LogP contribution in [0.1, 0.15) is 11.4 Å². The van der Waals surface area contributed by atoms with Gasteiger partial charge in [0.05, 0.1) is 7.05 Å². The molecule has 7 heteroatoms. The van der Waals surface area contributed by atoms with E-state index in [1.54, 1.807) is 19.2 Å². The van der Waals surface area contributed by atoms with E-state index in [0.29, 0.717) is 28.7 Å². The molecule has 2 aromatic rings. The number of halogens is 2. The highest BCUT2D eigenvalue weighted by Gasteiger charge is 2.13. The first-order chi connectivity index (χ1) is 8.56. The summed E-state index contributed by atoms with van der Waals surface area (Å²) in [4.78, 5) is 1.41. The van der Waals surface area contributed by atoms with Gasteiger partial charge in [-0.1, -0.05) is 29.3 Å². The number of hydrogen-bond donors (Lipinski definition) is 1. The van der Waals surface area contributed by atoms with Crippen molar-refractivity contribution >= 4 is 23.2 Å². The zero-order valence-corrected chi connectivity index (χ0v) is 11.4. The molecule has 0 bridgehead atoms. The molecule has 0 saturated carbocycles. The Morgan fingerprint density at radius 3 is 2.50 bits per heavy atom. The van der Waals surface area contributed by atoms with Gasteiger partial charge in [0.15, 0.2) is 5.82 Å². The molecule has 1 aromatic carbocycles. The first kappa shape index (κ1) is 13.3. The normalized spacial score (nSPS) is 12.7. The fraction of sp³-hybridized carbons (Fsp3) is 0.364. The number of nitrogens with two attached hydrogens (primary N) is 1. The van der Waals surface area contributed by atoms with Gasteiger partial charge in [-0.15, -0.1) is 10.2 Å². The molecule has 5 nitrogen and oxygen atoms in total. The van der Waals surface area contributed by atoms with Crippen LogP contribution in [0.15, 0.2) is 18.2 Å². The third-order valence-corrected chi connectivity index (χ3v) is 3.23. The molecule has 1 atom stereocenters. The monoisotopic (exact) mass is 285 g/mol. The Balaban J connectivity index is 2.05. The van der Waals surface area contributed by atoms with Crippen LogP contribution in [0.3, 0.4) is 0 Å². The average Bonchev–Trinajstić information content (AvgIpc) is 2.69. The molecular weight excluding hydrogens is 273 g/mol. The molecule has 96 valence electrons. The Morgan fingerprint density at radius 1 is 1.28 bits per heavy atom. The molecule has 0 aliphatic heterocycles. The number of aryl methyl sites for hydroxylation is 1. The number of aromatic nitrogens is 4. The minimum absolute atomic E-state index is 0.147. The summed E-state index contributed by atoms with van der Waals surface area (Å²) in [6.07, 6.45) is 1.12. The van der Waals surface area contributed by atoms with Crippen LogP contribution >= 0.6 is 23.2 Å². The summed E-state index contributed by atoms with van der Waals surface area (Å²) in [6.45, 7) is 0. The van der Waals surface area contributed by atoms with E-state index in [2.05, 4.69) is 15.4 Å². The second-order valence-corrected chi connectivity index (χ2v) is 4.88. The molecule has 2 rings (SSSR count). The fourth-order valence-electron chi connectivity index (χ4n) is 1.70. The quantitative estimate of drug-likeness (QED) is 0.927. The number of hydrogen-bond acceptors (Lipinski definition) is 4. The Morgan fingerprint density at radius 2 is 1.94 bits per heavy atom. The molecule has 2 N–H and O–H groups in total. The van der Waals surface area contributed by atoms with E-state index < -0.39 is 0 Å². The molecule has 0 fully saturated rings. The lowest BCUT2D eigenvalue weighted by Gasteiger charge is -2.12. The molecule has 1 unspecified atom stereocenters. The Kier molecular flexibility index (Phi) is 4.16. The molecule has 0 radical (unpaired) electrons. The lowest BCUT2D eigenvalue weighted by molar-refractivity contribution is 0.615. The van der Waals surface area contributed by atoms with Crippen molar-refractivity contribution in [2.24, 2.45) is 12.8 Å². The van der Waals surface area contributed by atoms with Crippen molar-refractivity contribution in [3.63, 3.8) is 0 Å². The van der Waals surface area contributed by atoms with Gasteiger partial charge in [0.25, 0.3) is 0 Å². The highest BCUT2D eigenvalue weighted by Crippen LogP contribution is 2.25. The number of nitrogens with zero attached hydrogens (tertiary/aromatic N) is 4. The maximum atomic E-state index is 6.09. The molecule has 0 aliphatic carbocycles. The van der Waals surface area contributed by atoms with Crippen molar-refractivity contribution in [1.82, 2.24) is 20.2 Å². The maximum Gasteiger partial charge on any atom is 0.176 e. The van der Waals surface area contributed by atoms with Crippen LogP contribution in [0.5, 0.6) is 0 Å². The van der Waals surface area contributed by atoms with Gasteiger partial charge in [0, 0.05) is 22.5 Å². The van der Waals surface area contributed by atoms with Crippen LogP contribution in [-0.4, -0.2) is 26.2 Å². The van der Waals surface area contributed by atoms with Crippen molar-refractivity contribution in [3.8, 4) is 0 Å². The van der Waals surface area contributed by atoms with Crippen molar-refractivity contribution in [2.75, 3.05) is 0 Å². The van der Waals surface area contributed by atoms with E-state index in [-0.39, 0.29) is 6.04 Å². The van der Waals surface area contributed by atoms with E-state index in [9.17, 15) is 0 Å². The molecule has 18 heavy (non-hydrogen) atoms. The summed E-state index contributed by atoms with van der Waals surface area (Å²) < 4.78 is 0. The highest BCUT2D eigenvalue weighted by molar-refractivity contribution is 6.35. The Hall–Kier alpha value is -1.17.